The van der Waals surface area contributed by atoms with Crippen molar-refractivity contribution < 1.29 is 45.8 Å². The molecule has 4 rings (SSSR count). The number of anilines is 1. The summed E-state index contributed by atoms with van der Waals surface area (Å²) in [5.41, 5.74) is -0.259. The predicted octanol–water partition coefficient (Wildman–Crippen LogP) is 4.77. The van der Waals surface area contributed by atoms with E-state index in [1.807, 2.05) is 4.90 Å². The van der Waals surface area contributed by atoms with Crippen molar-refractivity contribution in [3.63, 3.8) is 0 Å². The molecule has 0 spiro atoms. The van der Waals surface area contributed by atoms with Gasteiger partial charge in [-0.25, -0.2) is 9.78 Å². The molecule has 8 nitrogen and oxygen atoms in total. The van der Waals surface area contributed by atoms with Crippen molar-refractivity contribution >= 4 is 39.1 Å². The molecule has 0 amide bonds. The van der Waals surface area contributed by atoms with Gasteiger partial charge in [0.1, 0.15) is 5.82 Å². The van der Waals surface area contributed by atoms with E-state index in [2.05, 4.69) is 28.6 Å². The Morgan fingerprint density at radius 3 is 2.27 bits per heavy atom. The molecular weight excluding hydrogens is 566 g/mol. The zero-order valence-electron chi connectivity index (χ0n) is 22.3. The van der Waals surface area contributed by atoms with Crippen molar-refractivity contribution in [1.82, 2.24) is 14.8 Å². The van der Waals surface area contributed by atoms with Gasteiger partial charge >= 0.3 is 18.3 Å². The van der Waals surface area contributed by atoms with Gasteiger partial charge in [0.25, 0.3) is 0 Å². The van der Waals surface area contributed by atoms with Crippen LogP contribution in [0.3, 0.4) is 0 Å². The summed E-state index contributed by atoms with van der Waals surface area (Å²) in [5, 5.41) is 8.63. The van der Waals surface area contributed by atoms with Crippen LogP contribution >= 0.6 is 11.3 Å². The summed E-state index contributed by atoms with van der Waals surface area (Å²) in [5.74, 6) is -2.66. The van der Waals surface area contributed by atoms with Crippen LogP contribution in [0.15, 0.2) is 11.4 Å². The summed E-state index contributed by atoms with van der Waals surface area (Å²) >= 11 is 0.940. The molecule has 0 bridgehead atoms. The van der Waals surface area contributed by atoms with Crippen LogP contribution in [0.1, 0.15) is 43.1 Å². The van der Waals surface area contributed by atoms with E-state index in [0.717, 1.165) is 56.7 Å². The molecule has 40 heavy (non-hydrogen) atoms. The van der Waals surface area contributed by atoms with Gasteiger partial charge in [-0.1, -0.05) is 6.92 Å². The van der Waals surface area contributed by atoms with Crippen molar-refractivity contribution in [1.29, 1.82) is 0 Å². The average molecular weight is 599 g/mol. The van der Waals surface area contributed by atoms with Crippen LogP contribution < -0.4 is 4.90 Å². The average Bonchev–Trinajstić information content (AvgIpc) is 3.31. The van der Waals surface area contributed by atoms with E-state index in [9.17, 15) is 31.1 Å². The number of aliphatic carboxylic acids is 1. The number of alkyl halides is 6. The molecule has 2 aromatic heterocycles. The van der Waals surface area contributed by atoms with Crippen molar-refractivity contribution in [3.05, 3.63) is 22.6 Å². The van der Waals surface area contributed by atoms with Crippen molar-refractivity contribution in [2.45, 2.75) is 51.7 Å². The molecule has 0 radical (unpaired) electrons. The first kappa shape index (κ1) is 32.0. The van der Waals surface area contributed by atoms with Crippen LogP contribution in [-0.2, 0) is 15.7 Å². The summed E-state index contributed by atoms with van der Waals surface area (Å²) in [6, 6.07) is 1.62. The molecule has 2 fully saturated rings. The number of aromatic nitrogens is 1. The SMILES string of the molecule is CCC(=O)c1csc2c(C(F)(F)F)cc(N3CCN(CC4CN(C(C)C)CCO4)CC3)nc12.O=C(O)C(F)(F)F. The number of carbonyl (C=O) groups excluding carboxylic acids is 1. The molecule has 1 atom stereocenters. The zero-order valence-corrected chi connectivity index (χ0v) is 23.1. The summed E-state index contributed by atoms with van der Waals surface area (Å²) in [6.07, 6.45) is -9.21. The lowest BCUT2D eigenvalue weighted by atomic mass is 10.1. The standard InChI is InChI=1S/C23H31F3N4O2S.C2HF3O2/c1-4-19(31)17-14-33-22-18(23(24,25)26)11-20(27-21(17)22)29-7-5-28(6-8-29)12-16-13-30(15(2)3)9-10-32-16;3-2(4,5)1(6)7/h11,14-16H,4-10,12-13H2,1-3H3;(H,6,7). The van der Waals surface area contributed by atoms with E-state index in [0.29, 0.717) is 19.1 Å². The Hall–Kier alpha value is -2.49. The third-order valence-corrected chi connectivity index (χ3v) is 7.74. The molecule has 224 valence electrons. The molecular formula is C25H32F6N4O4S. The van der Waals surface area contributed by atoms with Crippen LogP contribution in [0.25, 0.3) is 10.2 Å². The quantitative estimate of drug-likeness (QED) is 0.376. The molecule has 2 aliphatic rings. The number of piperazine rings is 1. The Balaban J connectivity index is 0.000000559. The number of ketones is 1. The van der Waals surface area contributed by atoms with E-state index in [1.54, 1.807) is 6.92 Å². The lowest BCUT2D eigenvalue weighted by molar-refractivity contribution is -0.192. The third kappa shape index (κ3) is 8.04. The molecule has 1 N–H and O–H groups in total. The molecule has 0 aliphatic carbocycles. The number of carbonyl (C=O) groups is 2. The molecule has 2 aliphatic heterocycles. The van der Waals surface area contributed by atoms with Crippen LogP contribution in [0.2, 0.25) is 0 Å². The second-order valence-electron chi connectivity index (χ2n) is 9.80. The summed E-state index contributed by atoms with van der Waals surface area (Å²) in [7, 11) is 0. The minimum atomic E-state index is -5.08. The normalized spacial score (nSPS) is 19.6. The number of morpholine rings is 1. The lowest BCUT2D eigenvalue weighted by Crippen LogP contribution is -2.53. The number of pyridine rings is 1. The van der Waals surface area contributed by atoms with Crippen LogP contribution in [0.4, 0.5) is 32.2 Å². The first-order chi connectivity index (χ1) is 18.6. The summed E-state index contributed by atoms with van der Waals surface area (Å²) in [4.78, 5) is 32.3. The lowest BCUT2D eigenvalue weighted by Gasteiger charge is -2.40. The zero-order chi connectivity index (χ0) is 29.8. The molecule has 4 heterocycles. The number of carboxylic acids is 1. The molecule has 2 aromatic rings. The number of halogens is 6. The van der Waals surface area contributed by atoms with Crippen LogP contribution in [0, 0.1) is 0 Å². The first-order valence-corrected chi connectivity index (χ1v) is 13.7. The maximum atomic E-state index is 13.8. The molecule has 2 saturated heterocycles. The van der Waals surface area contributed by atoms with Crippen LogP contribution in [-0.4, -0.2) is 102 Å². The van der Waals surface area contributed by atoms with Crippen molar-refractivity contribution in [2.24, 2.45) is 0 Å². The number of rotatable bonds is 6. The van der Waals surface area contributed by atoms with Gasteiger partial charge in [0.2, 0.25) is 0 Å². The number of fused-ring (bicyclic) bond motifs is 1. The third-order valence-electron chi connectivity index (χ3n) is 6.74. The fourth-order valence-corrected chi connectivity index (χ4v) is 5.57. The predicted molar refractivity (Wildman–Crippen MR) is 138 cm³/mol. The Morgan fingerprint density at radius 2 is 1.75 bits per heavy atom. The fraction of sp³-hybridized carbons (Fsp3) is 0.640. The number of thiophene rings is 1. The summed E-state index contributed by atoms with van der Waals surface area (Å²) in [6.45, 7) is 12.1. The van der Waals surface area contributed by atoms with Gasteiger partial charge in [-0.05, 0) is 19.9 Å². The largest absolute Gasteiger partial charge is 0.490 e. The Kier molecular flexibility index (Phi) is 10.4. The Labute approximate surface area is 231 Å². The monoisotopic (exact) mass is 598 g/mol. The number of ether oxygens (including phenoxy) is 1. The maximum absolute atomic E-state index is 13.8. The van der Waals surface area contributed by atoms with E-state index in [1.165, 1.54) is 5.38 Å². The minimum absolute atomic E-state index is 0.0332. The van der Waals surface area contributed by atoms with Gasteiger partial charge in [-0.15, -0.1) is 11.3 Å². The van der Waals surface area contributed by atoms with Crippen LogP contribution in [0.5, 0.6) is 0 Å². The van der Waals surface area contributed by atoms with Gasteiger partial charge in [0.05, 0.1) is 34.1 Å². The molecule has 0 aromatic carbocycles. The van der Waals surface area contributed by atoms with Gasteiger partial charge in [0, 0.05) is 63.7 Å². The highest BCUT2D eigenvalue weighted by Gasteiger charge is 2.38. The highest BCUT2D eigenvalue weighted by molar-refractivity contribution is 7.17. The topological polar surface area (TPSA) is 86.2 Å². The first-order valence-electron chi connectivity index (χ1n) is 12.8. The van der Waals surface area contributed by atoms with Gasteiger partial charge in [-0.3, -0.25) is 14.6 Å². The highest BCUT2D eigenvalue weighted by atomic mass is 32.1. The van der Waals surface area contributed by atoms with E-state index in [-0.39, 0.29) is 39.9 Å². The second kappa shape index (κ2) is 13.0. The number of hydrogen-bond donors (Lipinski definition) is 1. The molecule has 15 heteroatoms. The number of carboxylic acid groups (broad SMARTS) is 1. The summed E-state index contributed by atoms with van der Waals surface area (Å²) < 4.78 is 79.2. The Bertz CT molecular complexity index is 1180. The molecule has 1 unspecified atom stereocenters. The van der Waals surface area contributed by atoms with E-state index >= 15 is 0 Å². The maximum Gasteiger partial charge on any atom is 0.490 e. The highest BCUT2D eigenvalue weighted by Crippen LogP contribution is 2.40. The van der Waals surface area contributed by atoms with E-state index < -0.39 is 23.9 Å². The number of Topliss-reactive ketones (excluding diaryl/α,β-unsaturated/α-hetero) is 1. The van der Waals surface area contributed by atoms with Crippen molar-refractivity contribution in [2.75, 3.05) is 57.3 Å². The smallest absolute Gasteiger partial charge is 0.475 e. The number of nitrogens with zero attached hydrogens (tertiary/aromatic N) is 4. The van der Waals surface area contributed by atoms with Gasteiger partial charge < -0.3 is 14.7 Å². The van der Waals surface area contributed by atoms with Gasteiger partial charge in [0.15, 0.2) is 5.78 Å². The van der Waals surface area contributed by atoms with Gasteiger partial charge in [-0.2, -0.15) is 26.3 Å². The molecule has 0 saturated carbocycles. The second-order valence-corrected chi connectivity index (χ2v) is 10.7. The van der Waals surface area contributed by atoms with E-state index in [4.69, 9.17) is 14.6 Å². The minimum Gasteiger partial charge on any atom is -0.475 e. The number of hydrogen-bond acceptors (Lipinski definition) is 8. The Morgan fingerprint density at radius 1 is 1.12 bits per heavy atom. The van der Waals surface area contributed by atoms with Crippen molar-refractivity contribution in [3.8, 4) is 0 Å². The fourth-order valence-electron chi connectivity index (χ4n) is 4.53.